The molecule has 1 aromatic rings. The van der Waals surface area contributed by atoms with E-state index in [1.54, 1.807) is 25.2 Å². The fourth-order valence-corrected chi connectivity index (χ4v) is 2.41. The number of nitrogens with two attached hydrogens (primary N) is 1. The minimum atomic E-state index is -0.0216. The van der Waals surface area contributed by atoms with Crippen molar-refractivity contribution >= 4 is 11.7 Å². The normalized spacial score (nSPS) is 21.7. The molecule has 1 aliphatic rings. The minimum Gasteiger partial charge on any atom is -0.359 e. The van der Waals surface area contributed by atoms with Crippen LogP contribution in [-0.2, 0) is 0 Å². The Morgan fingerprint density at radius 1 is 1.37 bits per heavy atom. The molecule has 2 rings (SSSR count). The van der Waals surface area contributed by atoms with Crippen LogP contribution in [0.25, 0.3) is 0 Å². The smallest absolute Gasteiger partial charge is 0.254 e. The van der Waals surface area contributed by atoms with E-state index in [1.807, 2.05) is 19.2 Å². The van der Waals surface area contributed by atoms with Crippen LogP contribution in [0.3, 0.4) is 0 Å². The van der Waals surface area contributed by atoms with E-state index in [2.05, 4.69) is 9.88 Å². The number of rotatable bonds is 4. The maximum absolute atomic E-state index is 11.8. The summed E-state index contributed by atoms with van der Waals surface area (Å²) in [6, 6.07) is 4.11. The monoisotopic (exact) mass is 262 g/mol. The molecule has 1 aliphatic carbocycles. The third-order valence-electron chi connectivity index (χ3n) is 3.60. The molecular weight excluding hydrogens is 240 g/mol. The lowest BCUT2D eigenvalue weighted by atomic mass is 9.80. The molecule has 5 heteroatoms. The average molecular weight is 262 g/mol. The van der Waals surface area contributed by atoms with Crippen LogP contribution in [0.2, 0.25) is 0 Å². The third-order valence-corrected chi connectivity index (χ3v) is 3.60. The van der Waals surface area contributed by atoms with Crippen molar-refractivity contribution in [2.24, 2.45) is 11.7 Å². The lowest BCUT2D eigenvalue weighted by Crippen LogP contribution is -2.42. The third kappa shape index (κ3) is 3.23. The second-order valence-corrected chi connectivity index (χ2v) is 5.58. The van der Waals surface area contributed by atoms with Crippen LogP contribution in [0.4, 0.5) is 5.82 Å². The molecule has 0 bridgehead atoms. The van der Waals surface area contributed by atoms with Gasteiger partial charge in [0.25, 0.3) is 5.91 Å². The van der Waals surface area contributed by atoms with Gasteiger partial charge in [0, 0.05) is 39.9 Å². The number of carbonyl (C=O) groups is 1. The fraction of sp³-hybridized carbons (Fsp3) is 0.571. The summed E-state index contributed by atoms with van der Waals surface area (Å²) < 4.78 is 0. The molecule has 1 amide bonds. The molecule has 1 heterocycles. The van der Waals surface area contributed by atoms with Gasteiger partial charge in [-0.3, -0.25) is 4.79 Å². The molecule has 0 unspecified atom stereocenters. The maximum atomic E-state index is 11.8. The molecule has 0 aromatic carbocycles. The first-order valence-corrected chi connectivity index (χ1v) is 6.61. The summed E-state index contributed by atoms with van der Waals surface area (Å²) in [6.07, 6.45) is 3.84. The number of hydrogen-bond acceptors (Lipinski definition) is 4. The minimum absolute atomic E-state index is 0.0216. The summed E-state index contributed by atoms with van der Waals surface area (Å²) >= 11 is 0. The molecule has 1 saturated carbocycles. The van der Waals surface area contributed by atoms with Gasteiger partial charge >= 0.3 is 0 Å². The number of pyridine rings is 1. The van der Waals surface area contributed by atoms with E-state index >= 15 is 0 Å². The summed E-state index contributed by atoms with van der Waals surface area (Å²) in [5, 5.41) is 0. The topological polar surface area (TPSA) is 62.5 Å². The molecule has 0 atom stereocenters. The van der Waals surface area contributed by atoms with Gasteiger partial charge in [-0.1, -0.05) is 0 Å². The summed E-state index contributed by atoms with van der Waals surface area (Å²) in [5.74, 6) is 1.55. The van der Waals surface area contributed by atoms with E-state index in [0.29, 0.717) is 17.5 Å². The molecule has 5 nitrogen and oxygen atoms in total. The molecule has 2 N–H and O–H groups in total. The quantitative estimate of drug-likeness (QED) is 0.878. The van der Waals surface area contributed by atoms with Crippen molar-refractivity contribution in [2.75, 3.05) is 32.6 Å². The van der Waals surface area contributed by atoms with Gasteiger partial charge in [0.15, 0.2) is 0 Å². The Hall–Kier alpha value is -1.62. The Morgan fingerprint density at radius 3 is 2.53 bits per heavy atom. The Labute approximate surface area is 114 Å². The van der Waals surface area contributed by atoms with Crippen LogP contribution in [0.1, 0.15) is 23.2 Å². The van der Waals surface area contributed by atoms with Gasteiger partial charge in [0.2, 0.25) is 0 Å². The van der Waals surface area contributed by atoms with E-state index in [0.717, 1.165) is 25.2 Å². The zero-order chi connectivity index (χ0) is 14.0. The number of nitrogens with zero attached hydrogens (tertiary/aromatic N) is 3. The molecule has 0 spiro atoms. The zero-order valence-corrected chi connectivity index (χ0v) is 11.8. The van der Waals surface area contributed by atoms with Gasteiger partial charge in [-0.05, 0) is 30.9 Å². The highest BCUT2D eigenvalue weighted by atomic mass is 16.2. The first kappa shape index (κ1) is 13.8. The second-order valence-electron chi connectivity index (χ2n) is 5.58. The predicted molar refractivity (Wildman–Crippen MR) is 76.2 cm³/mol. The molecule has 0 radical (unpaired) electrons. The number of hydrogen-bond donors (Lipinski definition) is 1. The summed E-state index contributed by atoms with van der Waals surface area (Å²) in [4.78, 5) is 19.8. The van der Waals surface area contributed by atoms with Crippen molar-refractivity contribution < 1.29 is 4.79 Å². The lowest BCUT2D eigenvalue weighted by molar-refractivity contribution is 0.0827. The molecule has 0 saturated heterocycles. The van der Waals surface area contributed by atoms with Crippen LogP contribution in [0.5, 0.6) is 0 Å². The first-order chi connectivity index (χ1) is 8.97. The van der Waals surface area contributed by atoms with Crippen LogP contribution in [0, 0.1) is 5.92 Å². The Bertz CT molecular complexity index is 437. The van der Waals surface area contributed by atoms with Gasteiger partial charge in [0.1, 0.15) is 5.82 Å². The van der Waals surface area contributed by atoms with Gasteiger partial charge < -0.3 is 15.5 Å². The highest BCUT2D eigenvalue weighted by Crippen LogP contribution is 2.27. The molecule has 0 aliphatic heterocycles. The Morgan fingerprint density at radius 2 is 2.05 bits per heavy atom. The number of carbonyl (C=O) groups excluding carboxylic acids is 1. The average Bonchev–Trinajstić information content (AvgIpc) is 2.36. The van der Waals surface area contributed by atoms with E-state index in [4.69, 9.17) is 5.73 Å². The molecule has 19 heavy (non-hydrogen) atoms. The van der Waals surface area contributed by atoms with Crippen LogP contribution in [-0.4, -0.2) is 49.5 Å². The van der Waals surface area contributed by atoms with Crippen molar-refractivity contribution in [3.63, 3.8) is 0 Å². The fourth-order valence-electron chi connectivity index (χ4n) is 2.41. The van der Waals surface area contributed by atoms with Crippen molar-refractivity contribution in [2.45, 2.75) is 18.9 Å². The Balaban J connectivity index is 1.95. The summed E-state index contributed by atoms with van der Waals surface area (Å²) in [7, 11) is 5.50. The molecule has 1 aromatic heterocycles. The first-order valence-electron chi connectivity index (χ1n) is 6.61. The van der Waals surface area contributed by atoms with Gasteiger partial charge in [-0.2, -0.15) is 0 Å². The van der Waals surface area contributed by atoms with E-state index in [1.165, 1.54) is 0 Å². The number of amides is 1. The number of aromatic nitrogens is 1. The van der Waals surface area contributed by atoms with Crippen molar-refractivity contribution in [3.05, 3.63) is 23.9 Å². The van der Waals surface area contributed by atoms with Gasteiger partial charge in [-0.25, -0.2) is 4.98 Å². The summed E-state index contributed by atoms with van der Waals surface area (Å²) in [5.41, 5.74) is 6.41. The van der Waals surface area contributed by atoms with Crippen molar-refractivity contribution in [1.29, 1.82) is 0 Å². The molecule has 1 fully saturated rings. The molecule has 104 valence electrons. The van der Waals surface area contributed by atoms with E-state index < -0.39 is 0 Å². The molecular formula is C14H22N4O. The standard InChI is InChI=1S/C14H22N4O/c1-17(2)14(19)11-4-5-13(16-8-11)18(3)9-10-6-12(15)7-10/h4-5,8,10,12H,6-7,9,15H2,1-3H3. The highest BCUT2D eigenvalue weighted by molar-refractivity contribution is 5.93. The maximum Gasteiger partial charge on any atom is 0.254 e. The van der Waals surface area contributed by atoms with E-state index in [9.17, 15) is 4.79 Å². The Kier molecular flexibility index (Phi) is 4.04. The van der Waals surface area contributed by atoms with E-state index in [-0.39, 0.29) is 5.91 Å². The number of anilines is 1. The summed E-state index contributed by atoms with van der Waals surface area (Å²) in [6.45, 7) is 0.974. The largest absolute Gasteiger partial charge is 0.359 e. The highest BCUT2D eigenvalue weighted by Gasteiger charge is 2.27. The van der Waals surface area contributed by atoms with Gasteiger partial charge in [-0.15, -0.1) is 0 Å². The van der Waals surface area contributed by atoms with Crippen LogP contribution >= 0.6 is 0 Å². The van der Waals surface area contributed by atoms with Gasteiger partial charge in [0.05, 0.1) is 5.56 Å². The van der Waals surface area contributed by atoms with Crippen molar-refractivity contribution in [1.82, 2.24) is 9.88 Å². The van der Waals surface area contributed by atoms with Crippen LogP contribution < -0.4 is 10.6 Å². The predicted octanol–water partition coefficient (Wildman–Crippen LogP) is 0.957. The van der Waals surface area contributed by atoms with Crippen molar-refractivity contribution in [3.8, 4) is 0 Å². The SMILES string of the molecule is CN(C)C(=O)c1ccc(N(C)CC2CC(N)C2)nc1. The second kappa shape index (κ2) is 5.57. The lowest BCUT2D eigenvalue weighted by Gasteiger charge is -2.35. The van der Waals surface area contributed by atoms with Crippen LogP contribution in [0.15, 0.2) is 18.3 Å². The zero-order valence-electron chi connectivity index (χ0n) is 11.8.